The summed E-state index contributed by atoms with van der Waals surface area (Å²) in [5, 5.41) is 3.78. The fourth-order valence-corrected chi connectivity index (χ4v) is 4.62. The van der Waals surface area contributed by atoms with Gasteiger partial charge in [0.25, 0.3) is 5.56 Å². The van der Waals surface area contributed by atoms with E-state index in [1.165, 1.54) is 23.1 Å². The smallest absolute Gasteiger partial charge is 0.262 e. The third-order valence-corrected chi connectivity index (χ3v) is 6.08. The molecule has 130 valence electrons. The molecule has 0 fully saturated rings. The topological polar surface area (TPSA) is 53.4 Å². The Balaban J connectivity index is 1.61. The Bertz CT molecular complexity index is 999. The number of hydrogen-bond acceptors (Lipinski definition) is 6. The SMILES string of the molecule is Cn1c(SCc2cc(Cl)c3c(c2)OCCCO3)nc2sccc2c1=O. The van der Waals surface area contributed by atoms with Gasteiger partial charge in [-0.05, 0) is 29.1 Å². The number of aromatic nitrogens is 2. The Hall–Kier alpha value is -1.70. The van der Waals surface area contributed by atoms with Crippen LogP contribution < -0.4 is 15.0 Å². The lowest BCUT2D eigenvalue weighted by Gasteiger charge is -2.12. The van der Waals surface area contributed by atoms with E-state index in [1.807, 2.05) is 23.6 Å². The number of benzene rings is 1. The molecule has 8 heteroatoms. The minimum absolute atomic E-state index is 0.0227. The fraction of sp³-hybridized carbons (Fsp3) is 0.294. The lowest BCUT2D eigenvalue weighted by molar-refractivity contribution is 0.297. The largest absolute Gasteiger partial charge is 0.489 e. The van der Waals surface area contributed by atoms with Crippen molar-refractivity contribution in [2.24, 2.45) is 7.05 Å². The molecule has 3 heterocycles. The van der Waals surface area contributed by atoms with Gasteiger partial charge in [-0.3, -0.25) is 9.36 Å². The molecule has 0 saturated carbocycles. The van der Waals surface area contributed by atoms with E-state index in [0.717, 1.165) is 16.8 Å². The highest BCUT2D eigenvalue weighted by Gasteiger charge is 2.16. The van der Waals surface area contributed by atoms with E-state index in [4.69, 9.17) is 21.1 Å². The number of hydrogen-bond donors (Lipinski definition) is 0. The molecule has 0 N–H and O–H groups in total. The van der Waals surface area contributed by atoms with Crippen molar-refractivity contribution in [1.29, 1.82) is 0 Å². The maximum absolute atomic E-state index is 12.4. The van der Waals surface area contributed by atoms with Gasteiger partial charge < -0.3 is 9.47 Å². The highest BCUT2D eigenvalue weighted by atomic mass is 35.5. The monoisotopic (exact) mass is 394 g/mol. The minimum Gasteiger partial charge on any atom is -0.489 e. The van der Waals surface area contributed by atoms with Gasteiger partial charge in [-0.25, -0.2) is 4.98 Å². The molecule has 4 rings (SSSR count). The van der Waals surface area contributed by atoms with Crippen LogP contribution in [-0.2, 0) is 12.8 Å². The Labute approximate surface area is 157 Å². The molecule has 0 aliphatic carbocycles. The summed E-state index contributed by atoms with van der Waals surface area (Å²) in [4.78, 5) is 17.7. The second kappa shape index (κ2) is 6.90. The summed E-state index contributed by atoms with van der Waals surface area (Å²) in [6.07, 6.45) is 0.835. The van der Waals surface area contributed by atoms with E-state index in [0.29, 0.717) is 46.0 Å². The van der Waals surface area contributed by atoms with E-state index in [9.17, 15) is 4.79 Å². The van der Waals surface area contributed by atoms with Gasteiger partial charge in [-0.15, -0.1) is 11.3 Å². The number of thiophene rings is 1. The number of thioether (sulfide) groups is 1. The molecule has 1 aromatic carbocycles. The predicted octanol–water partition coefficient (Wildman–Crippen LogP) is 4.10. The zero-order valence-corrected chi connectivity index (χ0v) is 15.8. The van der Waals surface area contributed by atoms with Crippen LogP contribution in [0.2, 0.25) is 5.02 Å². The number of nitrogens with zero attached hydrogens (tertiary/aromatic N) is 2. The molecule has 0 bridgehead atoms. The maximum atomic E-state index is 12.4. The third-order valence-electron chi connectivity index (χ3n) is 3.89. The van der Waals surface area contributed by atoms with Crippen LogP contribution in [-0.4, -0.2) is 22.8 Å². The van der Waals surface area contributed by atoms with Crippen molar-refractivity contribution >= 4 is 44.9 Å². The standard InChI is InChI=1S/C17H15ClN2O3S2/c1-20-16(21)11-3-6-24-15(11)19-17(20)25-9-10-7-12(18)14-13(8-10)22-4-2-5-23-14/h3,6-8H,2,4-5,9H2,1H3. The first-order chi connectivity index (χ1) is 12.1. The summed E-state index contributed by atoms with van der Waals surface area (Å²) in [6, 6.07) is 5.64. The lowest BCUT2D eigenvalue weighted by Crippen LogP contribution is -2.19. The molecule has 0 radical (unpaired) electrons. The first-order valence-corrected chi connectivity index (χ1v) is 10.0. The highest BCUT2D eigenvalue weighted by molar-refractivity contribution is 7.98. The van der Waals surface area contributed by atoms with E-state index in [-0.39, 0.29) is 5.56 Å². The zero-order valence-electron chi connectivity index (χ0n) is 13.5. The van der Waals surface area contributed by atoms with Gasteiger partial charge in [-0.1, -0.05) is 23.4 Å². The van der Waals surface area contributed by atoms with Crippen LogP contribution in [0.3, 0.4) is 0 Å². The molecule has 0 unspecified atom stereocenters. The lowest BCUT2D eigenvalue weighted by atomic mass is 10.2. The van der Waals surface area contributed by atoms with Gasteiger partial charge in [0, 0.05) is 19.2 Å². The van der Waals surface area contributed by atoms with Crippen LogP contribution in [0, 0.1) is 0 Å². The number of ether oxygens (including phenoxy) is 2. The Morgan fingerprint density at radius 2 is 2.20 bits per heavy atom. The van der Waals surface area contributed by atoms with Crippen molar-refractivity contribution in [2.75, 3.05) is 13.2 Å². The molecular formula is C17H15ClN2O3S2. The van der Waals surface area contributed by atoms with E-state index in [1.54, 1.807) is 11.6 Å². The summed E-state index contributed by atoms with van der Waals surface area (Å²) in [7, 11) is 1.75. The van der Waals surface area contributed by atoms with Crippen LogP contribution in [0.15, 0.2) is 33.5 Å². The quantitative estimate of drug-likeness (QED) is 0.494. The predicted molar refractivity (Wildman–Crippen MR) is 101 cm³/mol. The summed E-state index contributed by atoms with van der Waals surface area (Å²) >= 11 is 9.31. The van der Waals surface area contributed by atoms with E-state index in [2.05, 4.69) is 4.98 Å². The Morgan fingerprint density at radius 3 is 3.08 bits per heavy atom. The van der Waals surface area contributed by atoms with Gasteiger partial charge in [0.1, 0.15) is 4.83 Å². The van der Waals surface area contributed by atoms with Gasteiger partial charge in [0.15, 0.2) is 16.7 Å². The summed E-state index contributed by atoms with van der Waals surface area (Å²) in [6.45, 7) is 1.22. The van der Waals surface area contributed by atoms with Gasteiger partial charge in [0.2, 0.25) is 0 Å². The number of fused-ring (bicyclic) bond motifs is 2. The normalized spacial score (nSPS) is 13.8. The second-order valence-corrected chi connectivity index (χ2v) is 7.89. The van der Waals surface area contributed by atoms with Gasteiger partial charge >= 0.3 is 0 Å². The molecule has 0 saturated heterocycles. The summed E-state index contributed by atoms with van der Waals surface area (Å²) in [5.41, 5.74) is 0.977. The summed E-state index contributed by atoms with van der Waals surface area (Å²) < 4.78 is 13.0. The molecule has 5 nitrogen and oxygen atoms in total. The molecular weight excluding hydrogens is 380 g/mol. The van der Waals surface area contributed by atoms with Crippen molar-refractivity contribution in [3.8, 4) is 11.5 Å². The average molecular weight is 395 g/mol. The van der Waals surface area contributed by atoms with Crippen LogP contribution in [0.4, 0.5) is 0 Å². The molecule has 0 spiro atoms. The van der Waals surface area contributed by atoms with E-state index >= 15 is 0 Å². The van der Waals surface area contributed by atoms with Crippen molar-refractivity contribution in [2.45, 2.75) is 17.3 Å². The van der Waals surface area contributed by atoms with Crippen LogP contribution in [0.25, 0.3) is 10.2 Å². The van der Waals surface area contributed by atoms with Crippen molar-refractivity contribution < 1.29 is 9.47 Å². The highest BCUT2D eigenvalue weighted by Crippen LogP contribution is 2.39. The van der Waals surface area contributed by atoms with E-state index < -0.39 is 0 Å². The molecule has 3 aromatic rings. The second-order valence-electron chi connectivity index (χ2n) is 5.64. The van der Waals surface area contributed by atoms with Crippen LogP contribution >= 0.6 is 34.7 Å². The Morgan fingerprint density at radius 1 is 1.36 bits per heavy atom. The fourth-order valence-electron chi connectivity index (χ4n) is 2.62. The molecule has 25 heavy (non-hydrogen) atoms. The molecule has 0 amide bonds. The van der Waals surface area contributed by atoms with Gasteiger partial charge in [-0.2, -0.15) is 0 Å². The van der Waals surface area contributed by atoms with Gasteiger partial charge in [0.05, 0.1) is 23.6 Å². The number of halogens is 1. The van der Waals surface area contributed by atoms with Crippen LogP contribution in [0.1, 0.15) is 12.0 Å². The molecule has 2 aromatic heterocycles. The molecule has 1 aliphatic heterocycles. The van der Waals surface area contributed by atoms with Crippen LogP contribution in [0.5, 0.6) is 11.5 Å². The first-order valence-electron chi connectivity index (χ1n) is 7.78. The first kappa shape index (κ1) is 16.8. The molecule has 0 atom stereocenters. The third kappa shape index (κ3) is 3.23. The summed E-state index contributed by atoms with van der Waals surface area (Å²) in [5.74, 6) is 1.92. The van der Waals surface area contributed by atoms with Crippen molar-refractivity contribution in [3.63, 3.8) is 0 Å². The average Bonchev–Trinajstić information content (AvgIpc) is 2.94. The zero-order chi connectivity index (χ0) is 17.4. The van der Waals surface area contributed by atoms with Crippen molar-refractivity contribution in [1.82, 2.24) is 9.55 Å². The number of rotatable bonds is 3. The maximum Gasteiger partial charge on any atom is 0.262 e. The minimum atomic E-state index is -0.0227. The Kier molecular flexibility index (Phi) is 4.62. The van der Waals surface area contributed by atoms with Crippen molar-refractivity contribution in [3.05, 3.63) is 44.5 Å². The molecule has 1 aliphatic rings.